The molecule has 1 aromatic carbocycles. The van der Waals surface area contributed by atoms with Crippen LogP contribution in [0.3, 0.4) is 0 Å². The maximum Gasteiger partial charge on any atom is 0.226 e. The summed E-state index contributed by atoms with van der Waals surface area (Å²) in [6.45, 7) is 7.65. The number of oxazole rings is 1. The van der Waals surface area contributed by atoms with Gasteiger partial charge in [-0.05, 0) is 37.2 Å². The highest BCUT2D eigenvalue weighted by Gasteiger charge is 2.26. The van der Waals surface area contributed by atoms with E-state index < -0.39 is 0 Å². The molecule has 2 aliphatic heterocycles. The molecule has 1 unspecified atom stereocenters. The number of rotatable bonds is 4. The lowest BCUT2D eigenvalue weighted by molar-refractivity contribution is 0.0973. The van der Waals surface area contributed by atoms with Crippen molar-refractivity contribution in [2.45, 2.75) is 19.0 Å². The Kier molecular flexibility index (Phi) is 4.85. The SMILES string of the molecule is Clc1ccc(-c2nc(CN3CCN(C4CCNC4)CC3)co2)cc1. The number of aromatic nitrogens is 1. The summed E-state index contributed by atoms with van der Waals surface area (Å²) in [4.78, 5) is 9.71. The second-order valence-electron chi connectivity index (χ2n) is 6.61. The molecule has 3 heterocycles. The molecule has 4 rings (SSSR count). The van der Waals surface area contributed by atoms with Crippen LogP contribution in [0, 0.1) is 0 Å². The van der Waals surface area contributed by atoms with Gasteiger partial charge in [-0.15, -0.1) is 0 Å². The molecular formula is C18H23ClN4O. The minimum atomic E-state index is 0.664. The highest BCUT2D eigenvalue weighted by molar-refractivity contribution is 6.30. The number of halogens is 1. The third kappa shape index (κ3) is 3.64. The lowest BCUT2D eigenvalue weighted by Crippen LogP contribution is -2.50. The maximum atomic E-state index is 5.93. The zero-order chi connectivity index (χ0) is 16.4. The molecule has 0 saturated carbocycles. The molecule has 128 valence electrons. The molecule has 1 aromatic heterocycles. The van der Waals surface area contributed by atoms with Gasteiger partial charge >= 0.3 is 0 Å². The van der Waals surface area contributed by atoms with Crippen molar-refractivity contribution in [2.24, 2.45) is 0 Å². The van der Waals surface area contributed by atoms with Gasteiger partial charge in [-0.3, -0.25) is 9.80 Å². The van der Waals surface area contributed by atoms with Gasteiger partial charge in [-0.1, -0.05) is 11.6 Å². The summed E-state index contributed by atoms with van der Waals surface area (Å²) in [5.41, 5.74) is 1.96. The summed E-state index contributed by atoms with van der Waals surface area (Å²) < 4.78 is 5.63. The van der Waals surface area contributed by atoms with E-state index in [2.05, 4.69) is 20.1 Å². The first-order valence-corrected chi connectivity index (χ1v) is 9.03. The van der Waals surface area contributed by atoms with Crippen molar-refractivity contribution in [1.29, 1.82) is 0 Å². The maximum absolute atomic E-state index is 5.93. The first-order chi connectivity index (χ1) is 11.8. The lowest BCUT2D eigenvalue weighted by Gasteiger charge is -2.37. The number of nitrogens with zero attached hydrogens (tertiary/aromatic N) is 3. The van der Waals surface area contributed by atoms with E-state index in [-0.39, 0.29) is 0 Å². The molecule has 6 heteroatoms. The summed E-state index contributed by atoms with van der Waals surface area (Å²) in [5, 5.41) is 4.18. The Morgan fingerprint density at radius 1 is 1.17 bits per heavy atom. The molecule has 2 aromatic rings. The van der Waals surface area contributed by atoms with Crippen LogP contribution in [0.5, 0.6) is 0 Å². The van der Waals surface area contributed by atoms with E-state index >= 15 is 0 Å². The van der Waals surface area contributed by atoms with Crippen LogP contribution in [0.2, 0.25) is 5.02 Å². The number of benzene rings is 1. The Labute approximate surface area is 147 Å². The molecule has 0 amide bonds. The Morgan fingerprint density at radius 2 is 1.96 bits per heavy atom. The van der Waals surface area contributed by atoms with Crippen LogP contribution in [0.1, 0.15) is 12.1 Å². The molecule has 1 atom stereocenters. The van der Waals surface area contributed by atoms with Gasteiger partial charge in [0.2, 0.25) is 5.89 Å². The predicted molar refractivity (Wildman–Crippen MR) is 95.1 cm³/mol. The van der Waals surface area contributed by atoms with Crippen molar-refractivity contribution in [3.05, 3.63) is 41.2 Å². The van der Waals surface area contributed by atoms with E-state index in [4.69, 9.17) is 16.0 Å². The average molecular weight is 347 g/mol. The van der Waals surface area contributed by atoms with Gasteiger partial charge in [0.1, 0.15) is 6.26 Å². The minimum absolute atomic E-state index is 0.664. The standard InChI is InChI=1S/C18H23ClN4O/c19-15-3-1-14(2-4-15)18-21-16(13-24-18)12-22-7-9-23(10-8-22)17-5-6-20-11-17/h1-4,13,17,20H,5-12H2. The topological polar surface area (TPSA) is 44.5 Å². The van der Waals surface area contributed by atoms with E-state index in [0.717, 1.165) is 68.1 Å². The van der Waals surface area contributed by atoms with Crippen molar-refractivity contribution in [3.8, 4) is 11.5 Å². The molecule has 0 bridgehead atoms. The summed E-state index contributed by atoms with van der Waals surface area (Å²) in [5.74, 6) is 0.664. The fourth-order valence-electron chi connectivity index (χ4n) is 3.57. The summed E-state index contributed by atoms with van der Waals surface area (Å²) in [6, 6.07) is 8.32. The molecule has 0 spiro atoms. The number of nitrogens with one attached hydrogen (secondary N) is 1. The monoisotopic (exact) mass is 346 g/mol. The van der Waals surface area contributed by atoms with Gasteiger partial charge in [0.05, 0.1) is 5.69 Å². The summed E-state index contributed by atoms with van der Waals surface area (Å²) in [7, 11) is 0. The number of hydrogen-bond donors (Lipinski definition) is 1. The van der Waals surface area contributed by atoms with Crippen molar-refractivity contribution in [3.63, 3.8) is 0 Å². The highest BCUT2D eigenvalue weighted by atomic mass is 35.5. The van der Waals surface area contributed by atoms with E-state index in [1.807, 2.05) is 24.3 Å². The molecule has 0 aliphatic carbocycles. The molecule has 5 nitrogen and oxygen atoms in total. The molecule has 1 N–H and O–H groups in total. The van der Waals surface area contributed by atoms with Gasteiger partial charge in [-0.25, -0.2) is 4.98 Å². The van der Waals surface area contributed by atoms with E-state index in [9.17, 15) is 0 Å². The highest BCUT2D eigenvalue weighted by Crippen LogP contribution is 2.22. The van der Waals surface area contributed by atoms with Crippen molar-refractivity contribution < 1.29 is 4.42 Å². The molecule has 2 saturated heterocycles. The van der Waals surface area contributed by atoms with Gasteiger partial charge < -0.3 is 9.73 Å². The van der Waals surface area contributed by atoms with E-state index in [1.54, 1.807) is 6.26 Å². The van der Waals surface area contributed by atoms with Gasteiger partial charge in [0, 0.05) is 55.9 Å². The second-order valence-corrected chi connectivity index (χ2v) is 7.05. The predicted octanol–water partition coefficient (Wildman–Crippen LogP) is 2.47. The average Bonchev–Trinajstić information content (AvgIpc) is 3.28. The van der Waals surface area contributed by atoms with Gasteiger partial charge in [-0.2, -0.15) is 0 Å². The minimum Gasteiger partial charge on any atom is -0.444 e. The summed E-state index contributed by atoms with van der Waals surface area (Å²) in [6.07, 6.45) is 3.06. The summed E-state index contributed by atoms with van der Waals surface area (Å²) >= 11 is 5.93. The zero-order valence-electron chi connectivity index (χ0n) is 13.7. The largest absolute Gasteiger partial charge is 0.444 e. The van der Waals surface area contributed by atoms with Gasteiger partial charge in [0.15, 0.2) is 0 Å². The molecule has 2 aliphatic rings. The normalized spacial score (nSPS) is 23.0. The van der Waals surface area contributed by atoms with Crippen LogP contribution >= 0.6 is 11.6 Å². The Morgan fingerprint density at radius 3 is 2.67 bits per heavy atom. The van der Waals surface area contributed by atoms with E-state index in [0.29, 0.717) is 5.89 Å². The van der Waals surface area contributed by atoms with Crippen LogP contribution in [0.25, 0.3) is 11.5 Å². The number of piperazine rings is 1. The van der Waals surface area contributed by atoms with Crippen LogP contribution in [0.4, 0.5) is 0 Å². The smallest absolute Gasteiger partial charge is 0.226 e. The zero-order valence-corrected chi connectivity index (χ0v) is 14.5. The van der Waals surface area contributed by atoms with Gasteiger partial charge in [0.25, 0.3) is 0 Å². The van der Waals surface area contributed by atoms with Crippen molar-refractivity contribution in [2.75, 3.05) is 39.3 Å². The third-order valence-electron chi connectivity index (χ3n) is 4.99. The van der Waals surface area contributed by atoms with Crippen molar-refractivity contribution >= 4 is 11.6 Å². The second kappa shape index (κ2) is 7.23. The van der Waals surface area contributed by atoms with Crippen molar-refractivity contribution in [1.82, 2.24) is 20.1 Å². The van der Waals surface area contributed by atoms with Crippen LogP contribution in [0.15, 0.2) is 34.9 Å². The molecule has 24 heavy (non-hydrogen) atoms. The van der Waals surface area contributed by atoms with Crippen LogP contribution in [-0.2, 0) is 6.54 Å². The fraction of sp³-hybridized carbons (Fsp3) is 0.500. The third-order valence-corrected chi connectivity index (χ3v) is 5.24. The van der Waals surface area contributed by atoms with E-state index in [1.165, 1.54) is 6.42 Å². The molecule has 0 radical (unpaired) electrons. The molecular weight excluding hydrogens is 324 g/mol. The first-order valence-electron chi connectivity index (χ1n) is 8.65. The van der Waals surface area contributed by atoms with Crippen LogP contribution < -0.4 is 5.32 Å². The molecule has 2 fully saturated rings. The Hall–Kier alpha value is -1.40. The Balaban J connectivity index is 1.32. The van der Waals surface area contributed by atoms with Crippen LogP contribution in [-0.4, -0.2) is 60.1 Å². The Bertz CT molecular complexity index is 658. The number of hydrogen-bond acceptors (Lipinski definition) is 5. The fourth-order valence-corrected chi connectivity index (χ4v) is 3.70. The first kappa shape index (κ1) is 16.1. The lowest BCUT2D eigenvalue weighted by atomic mass is 10.2. The quantitative estimate of drug-likeness (QED) is 0.921.